The molecule has 0 radical (unpaired) electrons. The summed E-state index contributed by atoms with van der Waals surface area (Å²) in [5.74, 6) is 2.23. The van der Waals surface area contributed by atoms with Crippen molar-refractivity contribution < 1.29 is 0 Å². The highest BCUT2D eigenvalue weighted by atomic mass is 14.3. The predicted octanol–water partition coefficient (Wildman–Crippen LogP) is 4.78. The lowest BCUT2D eigenvalue weighted by Crippen LogP contribution is -2.23. The van der Waals surface area contributed by atoms with Gasteiger partial charge in [-0.15, -0.1) is 0 Å². The summed E-state index contributed by atoms with van der Waals surface area (Å²) in [6.45, 7) is 4.61. The first kappa shape index (κ1) is 11.1. The van der Waals surface area contributed by atoms with Crippen LogP contribution in [0.4, 0.5) is 0 Å². The van der Waals surface area contributed by atoms with Crippen LogP contribution in [0.2, 0.25) is 0 Å². The molecule has 78 valence electrons. The van der Waals surface area contributed by atoms with E-state index in [0.29, 0.717) is 0 Å². The van der Waals surface area contributed by atoms with Crippen LogP contribution in [-0.2, 0) is 0 Å². The summed E-state index contributed by atoms with van der Waals surface area (Å²) < 4.78 is 0. The lowest BCUT2D eigenvalue weighted by Gasteiger charge is -2.35. The predicted molar refractivity (Wildman–Crippen MR) is 59.9 cm³/mol. The summed E-state index contributed by atoms with van der Waals surface area (Å²) in [5.41, 5.74) is 0. The van der Waals surface area contributed by atoms with Crippen molar-refractivity contribution in [1.82, 2.24) is 0 Å². The second kappa shape index (κ2) is 6.45. The average Bonchev–Trinajstić information content (AvgIpc) is 2.07. The molecule has 0 heteroatoms. The van der Waals surface area contributed by atoms with Gasteiger partial charge in [0, 0.05) is 0 Å². The molecular weight excluding hydrogens is 156 g/mol. The fraction of sp³-hybridized carbons (Fsp3) is 1.00. The Morgan fingerprint density at radius 3 is 2.08 bits per heavy atom. The van der Waals surface area contributed by atoms with Gasteiger partial charge in [0.15, 0.2) is 0 Å². The normalized spacial score (nSPS) is 27.2. The van der Waals surface area contributed by atoms with Crippen LogP contribution in [0.15, 0.2) is 0 Å². The van der Waals surface area contributed by atoms with Gasteiger partial charge < -0.3 is 0 Å². The highest BCUT2D eigenvalue weighted by Crippen LogP contribution is 2.39. The Hall–Kier alpha value is 0. The Bertz CT molecular complexity index is 111. The summed E-state index contributed by atoms with van der Waals surface area (Å²) in [4.78, 5) is 0. The van der Waals surface area contributed by atoms with Crippen molar-refractivity contribution in [3.8, 4) is 0 Å². The molecule has 0 spiro atoms. The molecule has 1 aliphatic rings. The second-order valence-corrected chi connectivity index (χ2v) is 4.84. The molecule has 0 N–H and O–H groups in total. The van der Waals surface area contributed by atoms with Crippen LogP contribution in [-0.4, -0.2) is 0 Å². The number of hydrogen-bond donors (Lipinski definition) is 0. The van der Waals surface area contributed by atoms with Crippen LogP contribution >= 0.6 is 0 Å². The minimum absolute atomic E-state index is 1.11. The minimum Gasteiger partial charge on any atom is -0.0654 e. The number of rotatable bonds is 7. The van der Waals surface area contributed by atoms with E-state index in [0.717, 1.165) is 11.8 Å². The molecule has 1 aliphatic carbocycles. The molecule has 0 bridgehead atoms. The smallest absolute Gasteiger partial charge is 0.0409 e. The highest BCUT2D eigenvalue weighted by Gasteiger charge is 2.27. The standard InChI is InChI=1S/C13H26/c1-3-5-6-7-9-13-10-12(11-13)8-4-2/h12-13H,3-11H2,1-2H3. The SMILES string of the molecule is CCCCCCC1CC(CCC)C1. The second-order valence-electron chi connectivity index (χ2n) is 4.84. The molecule has 1 fully saturated rings. The molecule has 0 aromatic rings. The summed E-state index contributed by atoms with van der Waals surface area (Å²) >= 11 is 0. The van der Waals surface area contributed by atoms with Gasteiger partial charge >= 0.3 is 0 Å². The monoisotopic (exact) mass is 182 g/mol. The van der Waals surface area contributed by atoms with Crippen LogP contribution in [0.25, 0.3) is 0 Å². The van der Waals surface area contributed by atoms with Gasteiger partial charge in [-0.25, -0.2) is 0 Å². The maximum atomic E-state index is 2.31. The Morgan fingerprint density at radius 2 is 1.46 bits per heavy atom. The highest BCUT2D eigenvalue weighted by molar-refractivity contribution is 4.78. The van der Waals surface area contributed by atoms with E-state index in [9.17, 15) is 0 Å². The lowest BCUT2D eigenvalue weighted by molar-refractivity contribution is 0.166. The summed E-state index contributed by atoms with van der Waals surface area (Å²) in [7, 11) is 0. The van der Waals surface area contributed by atoms with Gasteiger partial charge in [0.2, 0.25) is 0 Å². The van der Waals surface area contributed by atoms with E-state index in [1.165, 1.54) is 44.9 Å². The molecule has 0 heterocycles. The lowest BCUT2D eigenvalue weighted by atomic mass is 9.71. The number of hydrogen-bond acceptors (Lipinski definition) is 0. The minimum atomic E-state index is 1.11. The fourth-order valence-corrected chi connectivity index (χ4v) is 2.61. The van der Waals surface area contributed by atoms with Crippen molar-refractivity contribution in [2.45, 2.75) is 71.6 Å². The van der Waals surface area contributed by atoms with Crippen LogP contribution in [0.5, 0.6) is 0 Å². The van der Waals surface area contributed by atoms with Gasteiger partial charge in [0.1, 0.15) is 0 Å². The third-order valence-corrected chi connectivity index (χ3v) is 3.50. The van der Waals surface area contributed by atoms with Gasteiger partial charge in [-0.05, 0) is 24.7 Å². The van der Waals surface area contributed by atoms with Crippen LogP contribution < -0.4 is 0 Å². The molecule has 1 rings (SSSR count). The Labute approximate surface area is 84.1 Å². The van der Waals surface area contributed by atoms with E-state index in [1.807, 2.05) is 0 Å². The van der Waals surface area contributed by atoms with Crippen molar-refractivity contribution in [3.63, 3.8) is 0 Å². The first-order valence-electron chi connectivity index (χ1n) is 6.36. The van der Waals surface area contributed by atoms with E-state index in [1.54, 1.807) is 12.8 Å². The molecule has 1 saturated carbocycles. The molecule has 0 nitrogen and oxygen atoms in total. The first-order chi connectivity index (χ1) is 6.36. The van der Waals surface area contributed by atoms with E-state index < -0.39 is 0 Å². The van der Waals surface area contributed by atoms with E-state index in [-0.39, 0.29) is 0 Å². The van der Waals surface area contributed by atoms with Gasteiger partial charge in [-0.2, -0.15) is 0 Å². The van der Waals surface area contributed by atoms with Crippen molar-refractivity contribution in [3.05, 3.63) is 0 Å². The van der Waals surface area contributed by atoms with Gasteiger partial charge in [0.25, 0.3) is 0 Å². The summed E-state index contributed by atoms with van der Waals surface area (Å²) in [6.07, 6.45) is 13.3. The third-order valence-electron chi connectivity index (χ3n) is 3.50. The maximum absolute atomic E-state index is 2.31. The largest absolute Gasteiger partial charge is 0.0654 e. The molecule has 0 atom stereocenters. The van der Waals surface area contributed by atoms with Gasteiger partial charge in [-0.1, -0.05) is 58.8 Å². The molecule has 13 heavy (non-hydrogen) atoms. The van der Waals surface area contributed by atoms with E-state index in [2.05, 4.69) is 13.8 Å². The molecule has 0 aliphatic heterocycles. The zero-order valence-corrected chi connectivity index (χ0v) is 9.52. The molecule has 0 aromatic carbocycles. The van der Waals surface area contributed by atoms with Crippen LogP contribution in [0.3, 0.4) is 0 Å². The Kier molecular flexibility index (Phi) is 5.50. The third kappa shape index (κ3) is 4.15. The fourth-order valence-electron chi connectivity index (χ4n) is 2.61. The summed E-state index contributed by atoms with van der Waals surface area (Å²) in [6, 6.07) is 0. The van der Waals surface area contributed by atoms with Crippen molar-refractivity contribution in [2.24, 2.45) is 11.8 Å². The zero-order valence-electron chi connectivity index (χ0n) is 9.52. The molecule has 0 amide bonds. The summed E-state index contributed by atoms with van der Waals surface area (Å²) in [5, 5.41) is 0. The quantitative estimate of drug-likeness (QED) is 0.497. The maximum Gasteiger partial charge on any atom is -0.0409 e. The Morgan fingerprint density at radius 1 is 0.769 bits per heavy atom. The number of unbranched alkanes of at least 4 members (excludes halogenated alkanes) is 3. The average molecular weight is 182 g/mol. The van der Waals surface area contributed by atoms with Crippen molar-refractivity contribution in [2.75, 3.05) is 0 Å². The zero-order chi connectivity index (χ0) is 9.52. The molecular formula is C13H26. The molecule has 0 unspecified atom stereocenters. The molecule has 0 saturated heterocycles. The van der Waals surface area contributed by atoms with E-state index >= 15 is 0 Å². The van der Waals surface area contributed by atoms with Crippen LogP contribution in [0, 0.1) is 11.8 Å². The van der Waals surface area contributed by atoms with Crippen molar-refractivity contribution in [1.29, 1.82) is 0 Å². The Balaban J connectivity index is 1.84. The van der Waals surface area contributed by atoms with E-state index in [4.69, 9.17) is 0 Å². The van der Waals surface area contributed by atoms with Crippen LogP contribution in [0.1, 0.15) is 71.6 Å². The van der Waals surface area contributed by atoms with Crippen molar-refractivity contribution >= 4 is 0 Å². The first-order valence-corrected chi connectivity index (χ1v) is 6.36. The topological polar surface area (TPSA) is 0 Å². The van der Waals surface area contributed by atoms with Gasteiger partial charge in [-0.3, -0.25) is 0 Å². The molecule has 0 aromatic heterocycles. The van der Waals surface area contributed by atoms with Gasteiger partial charge in [0.05, 0.1) is 0 Å².